The molecule has 0 bridgehead atoms. The lowest BCUT2D eigenvalue weighted by Gasteiger charge is -2.36. The topological polar surface area (TPSA) is 39.6 Å². The van der Waals surface area contributed by atoms with Crippen molar-refractivity contribution in [2.45, 2.75) is 26.4 Å². The Labute approximate surface area is 126 Å². The van der Waals surface area contributed by atoms with E-state index in [1.165, 1.54) is 19.0 Å². The number of hydrogen-bond acceptors (Lipinski definition) is 4. The zero-order valence-electron chi connectivity index (χ0n) is 13.0. The van der Waals surface area contributed by atoms with Crippen molar-refractivity contribution in [1.29, 1.82) is 0 Å². The Morgan fingerprint density at radius 1 is 1.24 bits per heavy atom. The van der Waals surface area contributed by atoms with Gasteiger partial charge in [-0.25, -0.2) is 4.39 Å². The van der Waals surface area contributed by atoms with Crippen LogP contribution in [0.25, 0.3) is 0 Å². The molecule has 2 heterocycles. The van der Waals surface area contributed by atoms with E-state index in [9.17, 15) is 9.50 Å². The molecule has 0 amide bonds. The van der Waals surface area contributed by atoms with Crippen molar-refractivity contribution in [3.8, 4) is 0 Å². The molecule has 1 aromatic rings. The zero-order chi connectivity index (χ0) is 15.2. The maximum Gasteiger partial charge on any atom is 0.141 e. The van der Waals surface area contributed by atoms with Crippen molar-refractivity contribution in [2.75, 3.05) is 39.3 Å². The second-order valence-corrected chi connectivity index (χ2v) is 5.97. The minimum Gasteiger partial charge on any atom is -0.386 e. The Bertz CT molecular complexity index is 418. The summed E-state index contributed by atoms with van der Waals surface area (Å²) in [6.45, 7) is 10.6. The Balaban J connectivity index is 1.81. The monoisotopic (exact) mass is 295 g/mol. The zero-order valence-corrected chi connectivity index (χ0v) is 13.0. The van der Waals surface area contributed by atoms with E-state index in [1.807, 2.05) is 6.92 Å². The fraction of sp³-hybridized carbons (Fsp3) is 0.688. The number of halogens is 1. The Morgan fingerprint density at radius 3 is 2.48 bits per heavy atom. The van der Waals surface area contributed by atoms with Gasteiger partial charge in [0.2, 0.25) is 0 Å². The number of rotatable bonds is 6. The van der Waals surface area contributed by atoms with E-state index < -0.39 is 6.10 Å². The van der Waals surface area contributed by atoms with Gasteiger partial charge in [-0.2, -0.15) is 0 Å². The second-order valence-electron chi connectivity index (χ2n) is 5.97. The molecule has 1 aromatic heterocycles. The number of hydrogen-bond donors (Lipinski definition) is 1. The lowest BCUT2D eigenvalue weighted by molar-refractivity contribution is 0.0624. The van der Waals surface area contributed by atoms with Crippen LogP contribution in [0.2, 0.25) is 0 Å². The van der Waals surface area contributed by atoms with Gasteiger partial charge in [0.15, 0.2) is 0 Å². The summed E-state index contributed by atoms with van der Waals surface area (Å²) in [5.41, 5.74) is 0.550. The first-order valence-electron chi connectivity index (χ1n) is 7.84. The summed E-state index contributed by atoms with van der Waals surface area (Å²) in [5.74, 6) is -0.286. The first-order chi connectivity index (χ1) is 10.1. The standard InChI is InChI=1S/C16H26FN3O/c1-3-6-19-7-9-20(10-8-19)12-13(2)16(21)15-5-4-14(17)11-18-15/h4-5,11,13,16,21H,3,6-10,12H2,1-2H3. The molecule has 1 N–H and O–H groups in total. The van der Waals surface area contributed by atoms with E-state index >= 15 is 0 Å². The van der Waals surface area contributed by atoms with Crippen molar-refractivity contribution in [2.24, 2.45) is 5.92 Å². The normalized spacial score (nSPS) is 20.4. The lowest BCUT2D eigenvalue weighted by atomic mass is 10.0. The Morgan fingerprint density at radius 2 is 1.90 bits per heavy atom. The van der Waals surface area contributed by atoms with E-state index in [0.717, 1.165) is 38.9 Å². The molecule has 2 atom stereocenters. The van der Waals surface area contributed by atoms with Crippen molar-refractivity contribution < 1.29 is 9.50 Å². The molecule has 1 aliphatic heterocycles. The summed E-state index contributed by atoms with van der Waals surface area (Å²) in [6.07, 6.45) is 1.72. The Hall–Kier alpha value is -1.04. The molecule has 0 aromatic carbocycles. The Kier molecular flexibility index (Phi) is 6.08. The van der Waals surface area contributed by atoms with Gasteiger partial charge in [-0.05, 0) is 25.1 Å². The number of aromatic nitrogens is 1. The quantitative estimate of drug-likeness (QED) is 0.870. The molecule has 1 aliphatic rings. The third-order valence-electron chi connectivity index (χ3n) is 4.14. The van der Waals surface area contributed by atoms with Gasteiger partial charge >= 0.3 is 0 Å². The minimum atomic E-state index is -0.640. The molecular formula is C16H26FN3O. The molecule has 2 unspecified atom stereocenters. The highest BCUT2D eigenvalue weighted by Gasteiger charge is 2.23. The summed E-state index contributed by atoms with van der Waals surface area (Å²) < 4.78 is 12.9. The van der Waals surface area contributed by atoms with Gasteiger partial charge in [0.25, 0.3) is 0 Å². The number of pyridine rings is 1. The maximum absolute atomic E-state index is 12.9. The lowest BCUT2D eigenvalue weighted by Crippen LogP contribution is -2.48. The summed E-state index contributed by atoms with van der Waals surface area (Å²) in [7, 11) is 0. The van der Waals surface area contributed by atoms with E-state index in [4.69, 9.17) is 0 Å². The van der Waals surface area contributed by atoms with Crippen LogP contribution in [0.5, 0.6) is 0 Å². The molecule has 4 nitrogen and oxygen atoms in total. The molecule has 1 fully saturated rings. The summed E-state index contributed by atoms with van der Waals surface area (Å²) in [6, 6.07) is 2.91. The van der Waals surface area contributed by atoms with Crippen molar-refractivity contribution in [1.82, 2.24) is 14.8 Å². The van der Waals surface area contributed by atoms with Gasteiger partial charge < -0.3 is 14.9 Å². The molecule has 5 heteroatoms. The van der Waals surface area contributed by atoms with Crippen LogP contribution in [-0.4, -0.2) is 59.2 Å². The van der Waals surface area contributed by atoms with Crippen LogP contribution in [0, 0.1) is 11.7 Å². The van der Waals surface area contributed by atoms with E-state index in [0.29, 0.717) is 5.69 Å². The maximum atomic E-state index is 12.9. The first kappa shape index (κ1) is 16.3. The van der Waals surface area contributed by atoms with E-state index in [1.54, 1.807) is 6.07 Å². The predicted molar refractivity (Wildman–Crippen MR) is 81.5 cm³/mol. The smallest absolute Gasteiger partial charge is 0.141 e. The molecule has 21 heavy (non-hydrogen) atoms. The van der Waals surface area contributed by atoms with Crippen molar-refractivity contribution in [3.05, 3.63) is 29.8 Å². The van der Waals surface area contributed by atoms with Crippen LogP contribution in [0.15, 0.2) is 18.3 Å². The molecule has 0 radical (unpaired) electrons. The van der Waals surface area contributed by atoms with Gasteiger partial charge in [0.1, 0.15) is 5.82 Å². The first-order valence-corrected chi connectivity index (χ1v) is 7.84. The molecule has 0 spiro atoms. The van der Waals surface area contributed by atoms with Crippen LogP contribution in [-0.2, 0) is 0 Å². The molecule has 118 valence electrons. The fourth-order valence-corrected chi connectivity index (χ4v) is 2.87. The molecule has 0 saturated carbocycles. The highest BCUT2D eigenvalue weighted by Crippen LogP contribution is 2.21. The molecule has 2 rings (SSSR count). The number of aliphatic hydroxyl groups is 1. The van der Waals surface area contributed by atoms with Crippen LogP contribution in [0.3, 0.4) is 0 Å². The number of piperazine rings is 1. The third kappa shape index (κ3) is 4.73. The van der Waals surface area contributed by atoms with Crippen LogP contribution in [0.4, 0.5) is 4.39 Å². The van der Waals surface area contributed by atoms with Gasteiger partial charge in [0, 0.05) is 38.6 Å². The predicted octanol–water partition coefficient (Wildman–Crippen LogP) is 1.92. The van der Waals surface area contributed by atoms with Crippen LogP contribution in [0.1, 0.15) is 32.1 Å². The van der Waals surface area contributed by atoms with Crippen LogP contribution < -0.4 is 0 Å². The molecule has 0 aliphatic carbocycles. The van der Waals surface area contributed by atoms with E-state index in [2.05, 4.69) is 21.7 Å². The second kappa shape index (κ2) is 7.82. The highest BCUT2D eigenvalue weighted by molar-refractivity contribution is 5.08. The average molecular weight is 295 g/mol. The number of aliphatic hydroxyl groups excluding tert-OH is 1. The molecular weight excluding hydrogens is 269 g/mol. The van der Waals surface area contributed by atoms with Gasteiger partial charge in [-0.3, -0.25) is 4.98 Å². The van der Waals surface area contributed by atoms with E-state index in [-0.39, 0.29) is 11.7 Å². The molecule has 1 saturated heterocycles. The highest BCUT2D eigenvalue weighted by atomic mass is 19.1. The summed E-state index contributed by atoms with van der Waals surface area (Å²) >= 11 is 0. The van der Waals surface area contributed by atoms with Crippen molar-refractivity contribution >= 4 is 0 Å². The summed E-state index contributed by atoms with van der Waals surface area (Å²) in [4.78, 5) is 8.85. The minimum absolute atomic E-state index is 0.0840. The van der Waals surface area contributed by atoms with Gasteiger partial charge in [-0.15, -0.1) is 0 Å². The van der Waals surface area contributed by atoms with Crippen LogP contribution >= 0.6 is 0 Å². The summed E-state index contributed by atoms with van der Waals surface area (Å²) in [5, 5.41) is 10.3. The van der Waals surface area contributed by atoms with Gasteiger partial charge in [0.05, 0.1) is 18.0 Å². The van der Waals surface area contributed by atoms with Crippen molar-refractivity contribution in [3.63, 3.8) is 0 Å². The fourth-order valence-electron chi connectivity index (χ4n) is 2.87. The third-order valence-corrected chi connectivity index (χ3v) is 4.14. The number of nitrogens with zero attached hydrogens (tertiary/aromatic N) is 3. The average Bonchev–Trinajstić information content (AvgIpc) is 2.49. The van der Waals surface area contributed by atoms with Gasteiger partial charge in [-0.1, -0.05) is 13.8 Å². The largest absolute Gasteiger partial charge is 0.386 e. The SMILES string of the molecule is CCCN1CCN(CC(C)C(O)c2ccc(F)cn2)CC1.